The first-order chi connectivity index (χ1) is 8.08. The summed E-state index contributed by atoms with van der Waals surface area (Å²) < 4.78 is 8.49. The van der Waals surface area contributed by atoms with Gasteiger partial charge in [0.25, 0.3) is 0 Å². The van der Waals surface area contributed by atoms with Gasteiger partial charge in [0.05, 0.1) is 15.9 Å². The highest BCUT2D eigenvalue weighted by Crippen LogP contribution is 2.22. The third kappa shape index (κ3) is 2.61. The summed E-state index contributed by atoms with van der Waals surface area (Å²) in [6.07, 6.45) is 0. The van der Waals surface area contributed by atoms with Gasteiger partial charge in [-0.15, -0.1) is 0 Å². The van der Waals surface area contributed by atoms with Crippen molar-refractivity contribution in [3.05, 3.63) is 40.1 Å². The molecule has 1 heterocycles. The lowest BCUT2D eigenvalue weighted by atomic mass is 10.3. The van der Waals surface area contributed by atoms with E-state index >= 15 is 0 Å². The zero-order chi connectivity index (χ0) is 12.4. The highest BCUT2D eigenvalue weighted by atomic mass is 79.9. The van der Waals surface area contributed by atoms with Crippen LogP contribution in [0.1, 0.15) is 11.4 Å². The summed E-state index contributed by atoms with van der Waals surface area (Å²) in [5, 5.41) is 4.31. The molecule has 0 saturated carbocycles. The van der Waals surface area contributed by atoms with Crippen LogP contribution in [-0.4, -0.2) is 9.78 Å². The Morgan fingerprint density at radius 2 is 2.00 bits per heavy atom. The Labute approximate surface area is 109 Å². The molecule has 0 aliphatic carbocycles. The highest BCUT2D eigenvalue weighted by Gasteiger charge is 2.10. The van der Waals surface area contributed by atoms with E-state index in [9.17, 15) is 0 Å². The standard InChI is InChI=1S/C12H14BrN3O/c1-8-12(13)11(16(2)15-8)7-17-10-5-3-9(14)4-6-10/h3-6H,7,14H2,1-2H3. The van der Waals surface area contributed by atoms with Crippen molar-refractivity contribution < 1.29 is 4.74 Å². The predicted octanol–water partition coefficient (Wildman–Crippen LogP) is 2.65. The second kappa shape index (κ2) is 4.79. The molecule has 0 bridgehead atoms. The maximum Gasteiger partial charge on any atom is 0.131 e. The number of aromatic nitrogens is 2. The minimum atomic E-state index is 0.474. The Bertz CT molecular complexity index is 519. The Kier molecular flexibility index (Phi) is 3.38. The van der Waals surface area contributed by atoms with Gasteiger partial charge in [0.15, 0.2) is 0 Å². The molecule has 0 atom stereocenters. The monoisotopic (exact) mass is 295 g/mol. The van der Waals surface area contributed by atoms with Crippen molar-refractivity contribution in [2.24, 2.45) is 7.05 Å². The van der Waals surface area contributed by atoms with Gasteiger partial charge >= 0.3 is 0 Å². The molecule has 0 unspecified atom stereocenters. The van der Waals surface area contributed by atoms with E-state index < -0.39 is 0 Å². The number of ether oxygens (including phenoxy) is 1. The number of nitrogens with zero attached hydrogens (tertiary/aromatic N) is 2. The minimum absolute atomic E-state index is 0.474. The number of nitrogens with two attached hydrogens (primary N) is 1. The number of benzene rings is 1. The molecule has 0 radical (unpaired) electrons. The molecule has 0 aliphatic rings. The van der Waals surface area contributed by atoms with Crippen molar-refractivity contribution in [2.45, 2.75) is 13.5 Å². The van der Waals surface area contributed by atoms with Gasteiger partial charge < -0.3 is 10.5 Å². The third-order valence-electron chi connectivity index (χ3n) is 2.52. The van der Waals surface area contributed by atoms with Gasteiger partial charge in [-0.3, -0.25) is 4.68 Å². The van der Waals surface area contributed by atoms with Gasteiger partial charge in [0, 0.05) is 12.7 Å². The van der Waals surface area contributed by atoms with Crippen LogP contribution in [0, 0.1) is 6.92 Å². The minimum Gasteiger partial charge on any atom is -0.487 e. The van der Waals surface area contributed by atoms with Crippen LogP contribution in [-0.2, 0) is 13.7 Å². The molecule has 17 heavy (non-hydrogen) atoms. The molecule has 0 saturated heterocycles. The van der Waals surface area contributed by atoms with Gasteiger partial charge in [-0.25, -0.2) is 0 Å². The lowest BCUT2D eigenvalue weighted by molar-refractivity contribution is 0.294. The van der Waals surface area contributed by atoms with Crippen LogP contribution < -0.4 is 10.5 Å². The Morgan fingerprint density at radius 3 is 2.53 bits per heavy atom. The molecule has 0 spiro atoms. The summed E-state index contributed by atoms with van der Waals surface area (Å²) in [6, 6.07) is 7.34. The summed E-state index contributed by atoms with van der Waals surface area (Å²) in [5.41, 5.74) is 8.31. The summed E-state index contributed by atoms with van der Waals surface area (Å²) in [5.74, 6) is 0.796. The topological polar surface area (TPSA) is 53.1 Å². The van der Waals surface area contributed by atoms with Crippen molar-refractivity contribution in [3.8, 4) is 5.75 Å². The highest BCUT2D eigenvalue weighted by molar-refractivity contribution is 9.10. The van der Waals surface area contributed by atoms with Crippen molar-refractivity contribution in [1.82, 2.24) is 9.78 Å². The quantitative estimate of drug-likeness (QED) is 0.886. The van der Waals surface area contributed by atoms with E-state index in [0.717, 1.165) is 27.3 Å². The molecule has 2 rings (SSSR count). The number of halogens is 1. The van der Waals surface area contributed by atoms with E-state index in [1.165, 1.54) is 0 Å². The Balaban J connectivity index is 2.09. The third-order valence-corrected chi connectivity index (χ3v) is 3.55. The normalized spacial score (nSPS) is 10.5. The SMILES string of the molecule is Cc1nn(C)c(COc2ccc(N)cc2)c1Br. The fourth-order valence-corrected chi connectivity index (χ4v) is 2.00. The second-order valence-electron chi connectivity index (χ2n) is 3.83. The molecule has 0 aliphatic heterocycles. The van der Waals surface area contributed by atoms with Crippen molar-refractivity contribution in [1.29, 1.82) is 0 Å². The van der Waals surface area contributed by atoms with Gasteiger partial charge in [0.2, 0.25) is 0 Å². The first-order valence-corrected chi connectivity index (χ1v) is 6.03. The lowest BCUT2D eigenvalue weighted by Gasteiger charge is -2.07. The Hall–Kier alpha value is -1.49. The van der Waals surface area contributed by atoms with E-state index in [4.69, 9.17) is 10.5 Å². The lowest BCUT2D eigenvalue weighted by Crippen LogP contribution is -2.03. The molecule has 2 aromatic rings. The first kappa shape index (κ1) is 12.0. The van der Waals surface area contributed by atoms with Crippen LogP contribution in [0.25, 0.3) is 0 Å². The van der Waals surface area contributed by atoms with Crippen molar-refractivity contribution in [2.75, 3.05) is 5.73 Å². The number of hydrogen-bond donors (Lipinski definition) is 1. The maximum absolute atomic E-state index is 5.68. The number of rotatable bonds is 3. The molecule has 0 amide bonds. The van der Waals surface area contributed by atoms with Gasteiger partial charge in [-0.2, -0.15) is 5.10 Å². The number of aryl methyl sites for hydroxylation is 2. The molecular formula is C12H14BrN3O. The fourth-order valence-electron chi connectivity index (χ4n) is 1.55. The summed E-state index contributed by atoms with van der Waals surface area (Å²) in [4.78, 5) is 0. The van der Waals surface area contributed by atoms with Gasteiger partial charge in [-0.1, -0.05) is 0 Å². The molecular weight excluding hydrogens is 282 g/mol. The first-order valence-electron chi connectivity index (χ1n) is 5.24. The fraction of sp³-hybridized carbons (Fsp3) is 0.250. The van der Waals surface area contributed by atoms with Gasteiger partial charge in [0.1, 0.15) is 12.4 Å². The average Bonchev–Trinajstić information content (AvgIpc) is 2.54. The second-order valence-corrected chi connectivity index (χ2v) is 4.62. The zero-order valence-corrected chi connectivity index (χ0v) is 11.4. The molecule has 4 nitrogen and oxygen atoms in total. The van der Waals surface area contributed by atoms with Crippen LogP contribution in [0.2, 0.25) is 0 Å². The van der Waals surface area contributed by atoms with E-state index in [1.807, 2.05) is 42.9 Å². The number of anilines is 1. The molecule has 2 N–H and O–H groups in total. The smallest absolute Gasteiger partial charge is 0.131 e. The number of hydrogen-bond acceptors (Lipinski definition) is 3. The van der Waals surface area contributed by atoms with E-state index in [1.54, 1.807) is 0 Å². The van der Waals surface area contributed by atoms with Crippen LogP contribution in [0.15, 0.2) is 28.7 Å². The van der Waals surface area contributed by atoms with E-state index in [-0.39, 0.29) is 0 Å². The van der Waals surface area contributed by atoms with Crippen LogP contribution in [0.4, 0.5) is 5.69 Å². The maximum atomic E-state index is 5.68. The molecule has 1 aromatic carbocycles. The van der Waals surface area contributed by atoms with Crippen molar-refractivity contribution >= 4 is 21.6 Å². The Morgan fingerprint density at radius 1 is 1.35 bits per heavy atom. The average molecular weight is 296 g/mol. The number of nitrogen functional groups attached to an aromatic ring is 1. The predicted molar refractivity (Wildman–Crippen MR) is 70.8 cm³/mol. The molecule has 1 aromatic heterocycles. The van der Waals surface area contributed by atoms with Crippen LogP contribution in [0.3, 0.4) is 0 Å². The van der Waals surface area contributed by atoms with Crippen LogP contribution >= 0.6 is 15.9 Å². The van der Waals surface area contributed by atoms with E-state index in [2.05, 4.69) is 21.0 Å². The summed E-state index contributed by atoms with van der Waals surface area (Å²) >= 11 is 3.50. The van der Waals surface area contributed by atoms with Crippen molar-refractivity contribution in [3.63, 3.8) is 0 Å². The summed E-state index contributed by atoms with van der Waals surface area (Å²) in [7, 11) is 1.90. The van der Waals surface area contributed by atoms with E-state index in [0.29, 0.717) is 6.61 Å². The summed E-state index contributed by atoms with van der Waals surface area (Å²) in [6.45, 7) is 2.43. The molecule has 90 valence electrons. The molecule has 5 heteroatoms. The van der Waals surface area contributed by atoms with Gasteiger partial charge in [-0.05, 0) is 47.1 Å². The van der Waals surface area contributed by atoms with Crippen LogP contribution in [0.5, 0.6) is 5.75 Å². The molecule has 0 fully saturated rings. The largest absolute Gasteiger partial charge is 0.487 e. The zero-order valence-electron chi connectivity index (χ0n) is 9.77.